The van der Waals surface area contributed by atoms with Gasteiger partial charge in [-0.2, -0.15) is 8.42 Å². The molecule has 0 amide bonds. The molecule has 0 N–H and O–H groups in total. The van der Waals surface area contributed by atoms with Crippen LogP contribution in [0.3, 0.4) is 0 Å². The molecule has 0 fully saturated rings. The van der Waals surface area contributed by atoms with Gasteiger partial charge in [-0.15, -0.1) is 0 Å². The number of carbonyl (C=O) groups is 1. The minimum atomic E-state index is -3.94. The molecule has 0 unspecified atom stereocenters. The Morgan fingerprint density at radius 1 is 1.28 bits per heavy atom. The monoisotopic (exact) mass is 269 g/mol. The number of rotatable bonds is 6. The fraction of sp³-hybridized carbons (Fsp3) is 0.333. The molecule has 6 heteroatoms. The molecule has 0 saturated carbocycles. The van der Waals surface area contributed by atoms with Gasteiger partial charge in [-0.3, -0.25) is 9.08 Å². The van der Waals surface area contributed by atoms with E-state index >= 15 is 0 Å². The summed E-state index contributed by atoms with van der Waals surface area (Å²) < 4.78 is 27.8. The van der Waals surface area contributed by atoms with Crippen LogP contribution < -0.4 is 0 Å². The number of Topliss-reactive ketones (excluding diaryl/α,β-unsaturated/α-hetero) is 1. The molecule has 98 valence electrons. The molecule has 0 saturated heterocycles. The van der Waals surface area contributed by atoms with Crippen LogP contribution in [0.4, 0.5) is 0 Å². The topological polar surface area (TPSA) is 72.8 Å². The Bertz CT molecular complexity index is 534. The average Bonchev–Trinajstić information content (AvgIpc) is 2.37. The third-order valence-corrected chi connectivity index (χ3v) is 3.31. The van der Waals surface area contributed by atoms with Crippen LogP contribution in [0.2, 0.25) is 0 Å². The van der Waals surface area contributed by atoms with Crippen molar-refractivity contribution in [2.75, 3.05) is 0 Å². The van der Waals surface area contributed by atoms with E-state index < -0.39 is 10.1 Å². The first kappa shape index (κ1) is 14.4. The van der Waals surface area contributed by atoms with Crippen molar-refractivity contribution in [2.45, 2.75) is 31.6 Å². The Morgan fingerprint density at radius 3 is 2.44 bits per heavy atom. The van der Waals surface area contributed by atoms with Gasteiger partial charge in [0, 0.05) is 6.42 Å². The Kier molecular flexibility index (Phi) is 5.03. The van der Waals surface area contributed by atoms with Crippen molar-refractivity contribution in [2.24, 2.45) is 5.16 Å². The predicted molar refractivity (Wildman–Crippen MR) is 67.7 cm³/mol. The number of ketones is 1. The lowest BCUT2D eigenvalue weighted by molar-refractivity contribution is -0.113. The summed E-state index contributed by atoms with van der Waals surface area (Å²) in [5.41, 5.74) is 0.0522. The maximum Gasteiger partial charge on any atom is 0.358 e. The summed E-state index contributed by atoms with van der Waals surface area (Å²) in [6.45, 7) is 3.28. The zero-order chi connectivity index (χ0) is 13.6. The first-order valence-electron chi connectivity index (χ1n) is 5.54. The minimum Gasteiger partial charge on any atom is -0.293 e. The van der Waals surface area contributed by atoms with E-state index in [9.17, 15) is 13.2 Å². The Labute approximate surface area is 107 Å². The summed E-state index contributed by atoms with van der Waals surface area (Å²) in [7, 11) is -3.94. The van der Waals surface area contributed by atoms with Gasteiger partial charge < -0.3 is 0 Å². The molecule has 0 aliphatic heterocycles. The molecule has 0 aliphatic rings. The first-order valence-corrected chi connectivity index (χ1v) is 6.94. The van der Waals surface area contributed by atoms with Gasteiger partial charge >= 0.3 is 10.1 Å². The number of benzene rings is 1. The van der Waals surface area contributed by atoms with Gasteiger partial charge in [-0.05, 0) is 25.5 Å². The number of hydrogen-bond acceptors (Lipinski definition) is 5. The van der Waals surface area contributed by atoms with Crippen molar-refractivity contribution < 1.29 is 17.5 Å². The molecule has 0 atom stereocenters. The van der Waals surface area contributed by atoms with Gasteiger partial charge in [-0.1, -0.05) is 30.3 Å². The predicted octanol–water partition coefficient (Wildman–Crippen LogP) is 2.14. The number of hydrogen-bond donors (Lipinski definition) is 0. The summed E-state index contributed by atoms with van der Waals surface area (Å²) in [4.78, 5) is 11.4. The van der Waals surface area contributed by atoms with Crippen LogP contribution in [0.1, 0.15) is 26.7 Å². The largest absolute Gasteiger partial charge is 0.358 e. The van der Waals surface area contributed by atoms with E-state index in [0.29, 0.717) is 12.8 Å². The second kappa shape index (κ2) is 6.30. The summed E-state index contributed by atoms with van der Waals surface area (Å²) in [5, 5.41) is 3.37. The molecule has 0 spiro atoms. The highest BCUT2D eigenvalue weighted by Crippen LogP contribution is 2.11. The number of oxime groups is 1. The second-order valence-electron chi connectivity index (χ2n) is 3.69. The standard InChI is InChI=1S/C12H15NO4S/c1-3-7-12(14)10(2)13-17-18(15,16)11-8-5-4-6-9-11/h4-6,8-9H,3,7H2,1-2H3/b13-10+. The average molecular weight is 269 g/mol. The molecule has 0 heterocycles. The molecule has 0 aromatic heterocycles. The number of nitrogens with zero attached hydrogens (tertiary/aromatic N) is 1. The maximum absolute atomic E-state index is 11.7. The highest BCUT2D eigenvalue weighted by atomic mass is 32.2. The van der Waals surface area contributed by atoms with Crippen molar-refractivity contribution in [1.82, 2.24) is 0 Å². The van der Waals surface area contributed by atoms with E-state index in [1.807, 2.05) is 6.92 Å². The van der Waals surface area contributed by atoms with Crippen molar-refractivity contribution in [3.8, 4) is 0 Å². The van der Waals surface area contributed by atoms with E-state index in [1.165, 1.54) is 19.1 Å². The Morgan fingerprint density at radius 2 is 1.89 bits per heavy atom. The lowest BCUT2D eigenvalue weighted by Crippen LogP contribution is -2.12. The molecular formula is C12H15NO4S. The van der Waals surface area contributed by atoms with Gasteiger partial charge in [0.1, 0.15) is 10.6 Å². The second-order valence-corrected chi connectivity index (χ2v) is 5.22. The van der Waals surface area contributed by atoms with E-state index in [2.05, 4.69) is 9.44 Å². The molecule has 1 rings (SSSR count). The van der Waals surface area contributed by atoms with Gasteiger partial charge in [0.25, 0.3) is 0 Å². The highest BCUT2D eigenvalue weighted by molar-refractivity contribution is 7.86. The lowest BCUT2D eigenvalue weighted by Gasteiger charge is -2.02. The number of carbonyl (C=O) groups excluding carboxylic acids is 1. The van der Waals surface area contributed by atoms with Crippen LogP contribution >= 0.6 is 0 Å². The van der Waals surface area contributed by atoms with Crippen LogP contribution in [0.15, 0.2) is 40.4 Å². The third kappa shape index (κ3) is 3.96. The molecular weight excluding hydrogens is 254 g/mol. The molecule has 5 nitrogen and oxygen atoms in total. The normalized spacial score (nSPS) is 12.2. The highest BCUT2D eigenvalue weighted by Gasteiger charge is 2.15. The fourth-order valence-electron chi connectivity index (χ4n) is 1.19. The molecule has 1 aromatic rings. The summed E-state index contributed by atoms with van der Waals surface area (Å²) >= 11 is 0. The van der Waals surface area contributed by atoms with Gasteiger partial charge in [0.05, 0.1) is 0 Å². The SMILES string of the molecule is CCCC(=O)/C(C)=N/OS(=O)(=O)c1ccccc1. The van der Waals surface area contributed by atoms with Crippen LogP contribution in [0.25, 0.3) is 0 Å². The van der Waals surface area contributed by atoms with E-state index in [1.54, 1.807) is 18.2 Å². The molecule has 18 heavy (non-hydrogen) atoms. The lowest BCUT2D eigenvalue weighted by atomic mass is 10.2. The minimum absolute atomic E-state index is 0.00416. The zero-order valence-corrected chi connectivity index (χ0v) is 11.1. The Hall–Kier alpha value is -1.69. The fourth-order valence-corrected chi connectivity index (χ4v) is 1.98. The smallest absolute Gasteiger partial charge is 0.293 e. The zero-order valence-electron chi connectivity index (χ0n) is 10.3. The molecule has 0 aliphatic carbocycles. The van der Waals surface area contributed by atoms with Gasteiger partial charge in [0.15, 0.2) is 5.78 Å². The Balaban J connectivity index is 2.80. The first-order chi connectivity index (χ1) is 8.47. The van der Waals surface area contributed by atoms with Crippen LogP contribution in [-0.2, 0) is 19.2 Å². The van der Waals surface area contributed by atoms with Crippen LogP contribution in [0, 0.1) is 0 Å². The molecule has 0 radical (unpaired) electrons. The van der Waals surface area contributed by atoms with Crippen LogP contribution in [0.5, 0.6) is 0 Å². The van der Waals surface area contributed by atoms with Crippen molar-refractivity contribution in [3.63, 3.8) is 0 Å². The van der Waals surface area contributed by atoms with E-state index in [-0.39, 0.29) is 16.4 Å². The van der Waals surface area contributed by atoms with Gasteiger partial charge in [0.2, 0.25) is 0 Å². The molecule has 1 aromatic carbocycles. The summed E-state index contributed by atoms with van der Waals surface area (Å²) in [6.07, 6.45) is 1.00. The summed E-state index contributed by atoms with van der Waals surface area (Å²) in [6, 6.07) is 7.64. The van der Waals surface area contributed by atoms with Crippen molar-refractivity contribution in [3.05, 3.63) is 30.3 Å². The van der Waals surface area contributed by atoms with Crippen molar-refractivity contribution in [1.29, 1.82) is 0 Å². The van der Waals surface area contributed by atoms with E-state index in [4.69, 9.17) is 0 Å². The summed E-state index contributed by atoms with van der Waals surface area (Å²) in [5.74, 6) is -0.222. The van der Waals surface area contributed by atoms with Gasteiger partial charge in [-0.25, -0.2) is 0 Å². The van der Waals surface area contributed by atoms with Crippen LogP contribution in [-0.4, -0.2) is 19.9 Å². The molecule has 0 bridgehead atoms. The van der Waals surface area contributed by atoms with Crippen molar-refractivity contribution >= 4 is 21.6 Å². The third-order valence-electron chi connectivity index (χ3n) is 2.18. The van der Waals surface area contributed by atoms with E-state index in [0.717, 1.165) is 0 Å². The maximum atomic E-state index is 11.7. The quantitative estimate of drug-likeness (QED) is 0.586.